The Morgan fingerprint density at radius 1 is 1.33 bits per heavy atom. The summed E-state index contributed by atoms with van der Waals surface area (Å²) in [6, 6.07) is 5.92. The number of aromatic nitrogens is 1. The molecular formula is C9H11N3. The molecule has 12 heavy (non-hydrogen) atoms. The van der Waals surface area contributed by atoms with Crippen molar-refractivity contribution in [2.75, 3.05) is 18.6 Å². The molecule has 0 unspecified atom stereocenters. The topological polar surface area (TPSA) is 19.4 Å². The van der Waals surface area contributed by atoms with Crippen molar-refractivity contribution in [2.24, 2.45) is 0 Å². The molecule has 1 aliphatic heterocycles. The van der Waals surface area contributed by atoms with Crippen LogP contribution < -0.4 is 4.90 Å². The Balaban J connectivity index is 2.18. The fourth-order valence-corrected chi connectivity index (χ4v) is 1.20. The monoisotopic (exact) mass is 161 g/mol. The average Bonchev–Trinajstić information content (AvgIpc) is 2.54. The molecule has 0 N–H and O–H groups in total. The van der Waals surface area contributed by atoms with Crippen LogP contribution in [0, 0.1) is 0 Å². The van der Waals surface area contributed by atoms with E-state index in [1.54, 1.807) is 0 Å². The van der Waals surface area contributed by atoms with Gasteiger partial charge in [-0.15, -0.1) is 0 Å². The lowest BCUT2D eigenvalue weighted by molar-refractivity contribution is 0.494. The minimum absolute atomic E-state index is 0.886. The third-order valence-electron chi connectivity index (χ3n) is 1.82. The fraction of sp³-hybridized carbons (Fsp3) is 0.222. The van der Waals surface area contributed by atoms with Crippen LogP contribution in [0.25, 0.3) is 0 Å². The highest BCUT2D eigenvalue weighted by molar-refractivity contribution is 5.42. The summed E-state index contributed by atoms with van der Waals surface area (Å²) in [5, 5.41) is 0. The first-order chi connectivity index (χ1) is 5.86. The Morgan fingerprint density at radius 3 is 2.83 bits per heavy atom. The van der Waals surface area contributed by atoms with E-state index in [1.165, 1.54) is 0 Å². The van der Waals surface area contributed by atoms with E-state index in [0.29, 0.717) is 0 Å². The summed E-state index contributed by atoms with van der Waals surface area (Å²) < 4.78 is 0. The van der Waals surface area contributed by atoms with Gasteiger partial charge >= 0.3 is 0 Å². The summed E-state index contributed by atoms with van der Waals surface area (Å²) >= 11 is 0. The number of nitrogens with zero attached hydrogens (tertiary/aromatic N) is 3. The molecule has 2 rings (SSSR count). The van der Waals surface area contributed by atoms with E-state index in [2.05, 4.69) is 14.8 Å². The molecule has 3 nitrogen and oxygen atoms in total. The molecule has 62 valence electrons. The van der Waals surface area contributed by atoms with Gasteiger partial charge in [0.15, 0.2) is 0 Å². The van der Waals surface area contributed by atoms with Gasteiger partial charge in [-0.2, -0.15) is 0 Å². The molecule has 3 heteroatoms. The fourth-order valence-electron chi connectivity index (χ4n) is 1.20. The summed E-state index contributed by atoms with van der Waals surface area (Å²) in [5.41, 5.74) is 0. The zero-order chi connectivity index (χ0) is 8.39. The molecule has 0 spiro atoms. The highest BCUT2D eigenvalue weighted by atomic mass is 15.3. The van der Waals surface area contributed by atoms with Crippen molar-refractivity contribution in [1.82, 2.24) is 9.88 Å². The first kappa shape index (κ1) is 7.16. The van der Waals surface area contributed by atoms with E-state index >= 15 is 0 Å². The van der Waals surface area contributed by atoms with Gasteiger partial charge in [-0.05, 0) is 12.1 Å². The van der Waals surface area contributed by atoms with Crippen molar-refractivity contribution < 1.29 is 0 Å². The third kappa shape index (κ3) is 1.25. The van der Waals surface area contributed by atoms with Gasteiger partial charge in [0, 0.05) is 25.6 Å². The van der Waals surface area contributed by atoms with Crippen molar-refractivity contribution in [3.05, 3.63) is 36.8 Å². The van der Waals surface area contributed by atoms with Crippen LogP contribution in [0.4, 0.5) is 5.82 Å². The Kier molecular flexibility index (Phi) is 1.70. The molecule has 0 bridgehead atoms. The minimum atomic E-state index is 0.886. The number of pyridine rings is 1. The van der Waals surface area contributed by atoms with Crippen LogP contribution in [-0.2, 0) is 0 Å². The third-order valence-corrected chi connectivity index (χ3v) is 1.82. The highest BCUT2D eigenvalue weighted by Crippen LogP contribution is 2.13. The molecule has 0 aromatic carbocycles. The maximum Gasteiger partial charge on any atom is 0.133 e. The Bertz CT molecular complexity index is 281. The smallest absolute Gasteiger partial charge is 0.133 e. The van der Waals surface area contributed by atoms with Crippen molar-refractivity contribution in [3.8, 4) is 0 Å². The van der Waals surface area contributed by atoms with E-state index in [0.717, 1.165) is 12.5 Å². The van der Waals surface area contributed by atoms with E-state index in [4.69, 9.17) is 0 Å². The Morgan fingerprint density at radius 2 is 2.25 bits per heavy atom. The van der Waals surface area contributed by atoms with Gasteiger partial charge in [-0.25, -0.2) is 4.98 Å². The number of rotatable bonds is 1. The van der Waals surface area contributed by atoms with Gasteiger partial charge in [-0.1, -0.05) is 6.07 Å². The maximum atomic E-state index is 4.24. The molecule has 2 heterocycles. The predicted molar refractivity (Wildman–Crippen MR) is 48.5 cm³/mol. The highest BCUT2D eigenvalue weighted by Gasteiger charge is 2.09. The lowest BCUT2D eigenvalue weighted by Crippen LogP contribution is -2.22. The van der Waals surface area contributed by atoms with Crippen LogP contribution in [0.15, 0.2) is 36.8 Å². The van der Waals surface area contributed by atoms with Crippen LogP contribution in [0.1, 0.15) is 0 Å². The van der Waals surface area contributed by atoms with Crippen molar-refractivity contribution in [1.29, 1.82) is 0 Å². The van der Waals surface area contributed by atoms with E-state index < -0.39 is 0 Å². The summed E-state index contributed by atoms with van der Waals surface area (Å²) in [6.45, 7) is 0.886. The number of anilines is 1. The second-order valence-corrected chi connectivity index (χ2v) is 2.85. The zero-order valence-electron chi connectivity index (χ0n) is 7.01. The Hall–Kier alpha value is -1.51. The van der Waals surface area contributed by atoms with Crippen LogP contribution in [0.2, 0.25) is 0 Å². The normalized spacial score (nSPS) is 15.8. The Labute approximate surface area is 71.9 Å². The molecular weight excluding hydrogens is 150 g/mol. The summed E-state index contributed by atoms with van der Waals surface area (Å²) in [6.07, 6.45) is 5.87. The van der Waals surface area contributed by atoms with Crippen LogP contribution in [-0.4, -0.2) is 23.6 Å². The second kappa shape index (κ2) is 2.85. The quantitative estimate of drug-likeness (QED) is 0.618. The SMILES string of the molecule is CN1C=CN(c2ccccn2)C1. The molecule has 0 aliphatic carbocycles. The largest absolute Gasteiger partial charge is 0.361 e. The summed E-state index contributed by atoms with van der Waals surface area (Å²) in [5.74, 6) is 0.998. The van der Waals surface area contributed by atoms with E-state index in [1.807, 2.05) is 43.8 Å². The number of hydrogen-bond acceptors (Lipinski definition) is 3. The van der Waals surface area contributed by atoms with Crippen molar-refractivity contribution >= 4 is 5.82 Å². The number of hydrogen-bond donors (Lipinski definition) is 0. The van der Waals surface area contributed by atoms with Gasteiger partial charge in [0.1, 0.15) is 5.82 Å². The van der Waals surface area contributed by atoms with Crippen molar-refractivity contribution in [2.45, 2.75) is 0 Å². The molecule has 1 aliphatic rings. The lowest BCUT2D eigenvalue weighted by Gasteiger charge is -2.16. The molecule has 0 saturated carbocycles. The molecule has 1 aromatic rings. The molecule has 0 atom stereocenters. The van der Waals surface area contributed by atoms with Gasteiger partial charge in [0.05, 0.1) is 6.67 Å². The predicted octanol–water partition coefficient (Wildman–Crippen LogP) is 1.26. The molecule has 0 amide bonds. The van der Waals surface area contributed by atoms with Crippen molar-refractivity contribution in [3.63, 3.8) is 0 Å². The van der Waals surface area contributed by atoms with E-state index in [9.17, 15) is 0 Å². The summed E-state index contributed by atoms with van der Waals surface area (Å²) in [4.78, 5) is 8.45. The zero-order valence-corrected chi connectivity index (χ0v) is 7.01. The van der Waals surface area contributed by atoms with E-state index in [-0.39, 0.29) is 0 Å². The second-order valence-electron chi connectivity index (χ2n) is 2.85. The van der Waals surface area contributed by atoms with Crippen LogP contribution in [0.3, 0.4) is 0 Å². The molecule has 0 saturated heterocycles. The maximum absolute atomic E-state index is 4.24. The summed E-state index contributed by atoms with van der Waals surface area (Å²) in [7, 11) is 2.04. The van der Waals surface area contributed by atoms with Crippen LogP contribution in [0.5, 0.6) is 0 Å². The van der Waals surface area contributed by atoms with Gasteiger partial charge in [0.2, 0.25) is 0 Å². The molecule has 1 aromatic heterocycles. The minimum Gasteiger partial charge on any atom is -0.361 e. The first-order valence-electron chi connectivity index (χ1n) is 3.92. The van der Waals surface area contributed by atoms with Gasteiger partial charge in [-0.3, -0.25) is 0 Å². The average molecular weight is 161 g/mol. The molecule has 0 fully saturated rings. The van der Waals surface area contributed by atoms with Gasteiger partial charge < -0.3 is 9.80 Å². The standard InChI is InChI=1S/C9H11N3/c1-11-6-7-12(8-11)9-4-2-3-5-10-9/h2-7H,8H2,1H3. The lowest BCUT2D eigenvalue weighted by atomic mass is 10.4. The van der Waals surface area contributed by atoms with Gasteiger partial charge in [0.25, 0.3) is 0 Å². The first-order valence-corrected chi connectivity index (χ1v) is 3.92. The van der Waals surface area contributed by atoms with Crippen LogP contribution >= 0.6 is 0 Å². The molecule has 0 radical (unpaired) electrons.